The first-order valence-corrected chi connectivity index (χ1v) is 12.6. The monoisotopic (exact) mass is 478 g/mol. The van der Waals surface area contributed by atoms with Gasteiger partial charge in [-0.1, -0.05) is 36.4 Å². The Labute approximate surface area is 202 Å². The fourth-order valence-corrected chi connectivity index (χ4v) is 6.15. The maximum atomic E-state index is 14.2. The molecule has 3 aromatic carbocycles. The van der Waals surface area contributed by atoms with Gasteiger partial charge >= 0.3 is 0 Å². The molecule has 5 rings (SSSR count). The van der Waals surface area contributed by atoms with Crippen LogP contribution in [-0.4, -0.2) is 42.7 Å². The molecule has 2 aliphatic rings. The van der Waals surface area contributed by atoms with Crippen molar-refractivity contribution in [2.75, 3.05) is 26.0 Å². The molecule has 3 aromatic rings. The van der Waals surface area contributed by atoms with E-state index in [-0.39, 0.29) is 29.6 Å². The fourth-order valence-electron chi connectivity index (χ4n) is 5.01. The van der Waals surface area contributed by atoms with Gasteiger partial charge in [-0.3, -0.25) is 9.59 Å². The standard InChI is InChI=1S/C27H27FN2O3S/c1-33-24-12-11-20(18-7-2-3-8-19(18)24)27(32)30-14-5-6-17(16-30)26(31)29-23-13-15-34-25-21(23)9-4-10-22(25)28/h2-4,7-12,17,23H,5-6,13-16H2,1H3,(H,29,31). The lowest BCUT2D eigenvalue weighted by Crippen LogP contribution is -2.46. The summed E-state index contributed by atoms with van der Waals surface area (Å²) in [6, 6.07) is 16.2. The average Bonchev–Trinajstić information content (AvgIpc) is 2.88. The maximum Gasteiger partial charge on any atom is 0.254 e. The van der Waals surface area contributed by atoms with Crippen LogP contribution in [0.2, 0.25) is 0 Å². The van der Waals surface area contributed by atoms with Crippen LogP contribution in [0.4, 0.5) is 4.39 Å². The zero-order valence-corrected chi connectivity index (χ0v) is 19.9. The molecule has 5 nitrogen and oxygen atoms in total. The highest BCUT2D eigenvalue weighted by molar-refractivity contribution is 7.99. The number of nitrogens with one attached hydrogen (secondary N) is 1. The maximum absolute atomic E-state index is 14.2. The van der Waals surface area contributed by atoms with Gasteiger partial charge in [0.05, 0.1) is 19.1 Å². The Hall–Kier alpha value is -3.06. The predicted molar refractivity (Wildman–Crippen MR) is 132 cm³/mol. The molecule has 2 aliphatic heterocycles. The molecule has 0 aromatic heterocycles. The second-order valence-electron chi connectivity index (χ2n) is 8.81. The third-order valence-corrected chi connectivity index (χ3v) is 7.92. The Bertz CT molecular complexity index is 1250. The molecular weight excluding hydrogens is 451 g/mol. The SMILES string of the molecule is COc1ccc(C(=O)N2CCCC(C(=O)NC3CCSc4c(F)cccc43)C2)c2ccccc12. The third-order valence-electron chi connectivity index (χ3n) is 6.76. The Morgan fingerprint density at radius 2 is 1.88 bits per heavy atom. The van der Waals surface area contributed by atoms with E-state index >= 15 is 0 Å². The molecule has 1 N–H and O–H groups in total. The van der Waals surface area contributed by atoms with Crippen molar-refractivity contribution in [3.8, 4) is 5.75 Å². The molecule has 2 heterocycles. The number of rotatable bonds is 4. The van der Waals surface area contributed by atoms with Crippen molar-refractivity contribution in [1.82, 2.24) is 10.2 Å². The van der Waals surface area contributed by atoms with Gasteiger partial charge in [-0.25, -0.2) is 4.39 Å². The Morgan fingerprint density at radius 3 is 2.71 bits per heavy atom. The van der Waals surface area contributed by atoms with Gasteiger partial charge < -0.3 is 15.0 Å². The van der Waals surface area contributed by atoms with E-state index in [1.807, 2.05) is 36.4 Å². The summed E-state index contributed by atoms with van der Waals surface area (Å²) in [5, 5.41) is 4.88. The molecule has 2 amide bonds. The highest BCUT2D eigenvalue weighted by Crippen LogP contribution is 2.38. The third kappa shape index (κ3) is 4.25. The van der Waals surface area contributed by atoms with E-state index in [4.69, 9.17) is 4.74 Å². The molecule has 0 bridgehead atoms. The van der Waals surface area contributed by atoms with E-state index in [0.29, 0.717) is 23.5 Å². The molecule has 34 heavy (non-hydrogen) atoms. The Morgan fingerprint density at radius 1 is 1.06 bits per heavy atom. The normalized spacial score (nSPS) is 20.0. The molecular formula is C27H27FN2O3S. The smallest absolute Gasteiger partial charge is 0.254 e. The molecule has 1 saturated heterocycles. The number of amides is 2. The number of hydrogen-bond donors (Lipinski definition) is 1. The molecule has 0 aliphatic carbocycles. The zero-order chi connectivity index (χ0) is 23.7. The van der Waals surface area contributed by atoms with E-state index in [2.05, 4.69) is 5.32 Å². The van der Waals surface area contributed by atoms with Crippen molar-refractivity contribution in [2.45, 2.75) is 30.2 Å². The molecule has 0 saturated carbocycles. The summed E-state index contributed by atoms with van der Waals surface area (Å²) >= 11 is 1.50. The van der Waals surface area contributed by atoms with Crippen LogP contribution in [-0.2, 0) is 4.79 Å². The number of benzene rings is 3. The van der Waals surface area contributed by atoms with Crippen LogP contribution < -0.4 is 10.1 Å². The largest absolute Gasteiger partial charge is 0.496 e. The lowest BCUT2D eigenvalue weighted by molar-refractivity contribution is -0.127. The minimum atomic E-state index is -0.284. The number of thioether (sulfide) groups is 1. The van der Waals surface area contributed by atoms with Crippen LogP contribution >= 0.6 is 11.8 Å². The lowest BCUT2D eigenvalue weighted by Gasteiger charge is -2.34. The van der Waals surface area contributed by atoms with Crippen LogP contribution in [0.25, 0.3) is 10.8 Å². The van der Waals surface area contributed by atoms with Crippen molar-refractivity contribution < 1.29 is 18.7 Å². The lowest BCUT2D eigenvalue weighted by atomic mass is 9.94. The van der Waals surface area contributed by atoms with Crippen molar-refractivity contribution in [1.29, 1.82) is 0 Å². The van der Waals surface area contributed by atoms with Crippen LogP contribution in [0.15, 0.2) is 59.5 Å². The minimum absolute atomic E-state index is 0.0656. The van der Waals surface area contributed by atoms with Gasteiger partial charge in [0.25, 0.3) is 5.91 Å². The fraction of sp³-hybridized carbons (Fsp3) is 0.333. The van der Waals surface area contributed by atoms with Crippen molar-refractivity contribution in [3.63, 3.8) is 0 Å². The predicted octanol–water partition coefficient (Wildman–Crippen LogP) is 5.19. The number of halogens is 1. The van der Waals surface area contributed by atoms with Crippen LogP contribution in [0.5, 0.6) is 5.75 Å². The van der Waals surface area contributed by atoms with Gasteiger partial charge in [-0.2, -0.15) is 0 Å². The number of nitrogens with zero attached hydrogens (tertiary/aromatic N) is 1. The second-order valence-corrected chi connectivity index (χ2v) is 9.91. The minimum Gasteiger partial charge on any atom is -0.496 e. The first-order chi connectivity index (χ1) is 16.6. The number of piperidine rings is 1. The van der Waals surface area contributed by atoms with E-state index in [0.717, 1.165) is 47.1 Å². The van der Waals surface area contributed by atoms with Crippen molar-refractivity contribution in [2.24, 2.45) is 5.92 Å². The van der Waals surface area contributed by atoms with Gasteiger partial charge in [0, 0.05) is 34.7 Å². The first-order valence-electron chi connectivity index (χ1n) is 11.6. The number of carbonyl (C=O) groups excluding carboxylic acids is 2. The van der Waals surface area contributed by atoms with Crippen LogP contribution in [0, 0.1) is 11.7 Å². The summed E-state index contributed by atoms with van der Waals surface area (Å²) in [6.07, 6.45) is 2.26. The summed E-state index contributed by atoms with van der Waals surface area (Å²) in [6.45, 7) is 1.000. The number of carbonyl (C=O) groups is 2. The van der Waals surface area contributed by atoms with E-state index in [9.17, 15) is 14.0 Å². The molecule has 0 spiro atoms. The van der Waals surface area contributed by atoms with Gasteiger partial charge in [0.15, 0.2) is 0 Å². The van der Waals surface area contributed by atoms with E-state index in [1.54, 1.807) is 24.1 Å². The molecule has 176 valence electrons. The number of likely N-dealkylation sites (tertiary alicyclic amines) is 1. The zero-order valence-electron chi connectivity index (χ0n) is 19.1. The topological polar surface area (TPSA) is 58.6 Å². The second kappa shape index (κ2) is 9.66. The number of ether oxygens (including phenoxy) is 1. The van der Waals surface area contributed by atoms with Crippen LogP contribution in [0.3, 0.4) is 0 Å². The first kappa shape index (κ1) is 22.7. The summed E-state index contributed by atoms with van der Waals surface area (Å²) in [5.41, 5.74) is 1.46. The summed E-state index contributed by atoms with van der Waals surface area (Å²) < 4.78 is 19.7. The molecule has 2 unspecified atom stereocenters. The van der Waals surface area contributed by atoms with Gasteiger partial charge in [-0.15, -0.1) is 11.8 Å². The number of fused-ring (bicyclic) bond motifs is 2. The van der Waals surface area contributed by atoms with Gasteiger partial charge in [0.2, 0.25) is 5.91 Å². The van der Waals surface area contributed by atoms with Gasteiger partial charge in [-0.05, 0) is 48.4 Å². The number of hydrogen-bond acceptors (Lipinski definition) is 4. The van der Waals surface area contributed by atoms with Crippen molar-refractivity contribution in [3.05, 3.63) is 71.5 Å². The van der Waals surface area contributed by atoms with E-state index in [1.165, 1.54) is 17.8 Å². The average molecular weight is 479 g/mol. The van der Waals surface area contributed by atoms with Crippen molar-refractivity contribution >= 4 is 34.3 Å². The van der Waals surface area contributed by atoms with E-state index < -0.39 is 0 Å². The number of methoxy groups -OCH3 is 1. The summed E-state index contributed by atoms with van der Waals surface area (Å²) in [4.78, 5) is 29.1. The quantitative estimate of drug-likeness (QED) is 0.561. The summed E-state index contributed by atoms with van der Waals surface area (Å²) in [7, 11) is 1.62. The molecule has 7 heteroatoms. The Balaban J connectivity index is 1.32. The highest BCUT2D eigenvalue weighted by Gasteiger charge is 2.32. The molecule has 0 radical (unpaired) electrons. The highest BCUT2D eigenvalue weighted by atomic mass is 32.2. The molecule has 1 fully saturated rings. The van der Waals surface area contributed by atoms with Gasteiger partial charge in [0.1, 0.15) is 11.6 Å². The van der Waals surface area contributed by atoms with Crippen LogP contribution in [0.1, 0.15) is 41.2 Å². The summed E-state index contributed by atoms with van der Waals surface area (Å²) in [5.74, 6) is 0.836. The Kier molecular flexibility index (Phi) is 6.46. The molecule has 2 atom stereocenters.